The first-order valence-electron chi connectivity index (χ1n) is 25.9. The molecule has 374 valence electrons. The second kappa shape index (κ2) is 42.2. The first-order chi connectivity index (χ1) is 30.6. The van der Waals surface area contributed by atoms with Gasteiger partial charge in [0.25, 0.3) is 0 Å². The third-order valence-electron chi connectivity index (χ3n) is 12.1. The van der Waals surface area contributed by atoms with Crippen LogP contribution in [-0.2, 0) is 38.3 Å². The second-order valence-corrected chi connectivity index (χ2v) is 19.2. The number of rotatable bonds is 46. The van der Waals surface area contributed by atoms with E-state index in [9.17, 15) is 33.1 Å². The molecule has 63 heavy (non-hydrogen) atoms. The maximum absolute atomic E-state index is 12.9. The van der Waals surface area contributed by atoms with Gasteiger partial charge in [-0.05, 0) is 38.5 Å². The Bertz CT molecular complexity index is 1150. The lowest BCUT2D eigenvalue weighted by molar-refractivity contribution is -0.301. The molecule has 12 nitrogen and oxygen atoms in total. The van der Waals surface area contributed by atoms with Crippen LogP contribution in [0.5, 0.6) is 0 Å². The molecule has 0 spiro atoms. The lowest BCUT2D eigenvalue weighted by Gasteiger charge is -2.41. The van der Waals surface area contributed by atoms with Gasteiger partial charge in [0.05, 0.1) is 19.8 Å². The topological polar surface area (TPSA) is 178 Å². The van der Waals surface area contributed by atoms with Crippen molar-refractivity contribution < 1.29 is 56.2 Å². The highest BCUT2D eigenvalue weighted by atomic mass is 32.3. The van der Waals surface area contributed by atoms with E-state index < -0.39 is 59.8 Å². The lowest BCUT2D eigenvalue weighted by atomic mass is 9.99. The molecule has 1 rings (SSSR count). The summed E-state index contributed by atoms with van der Waals surface area (Å²) in [5, 5.41) is 30.7. The van der Waals surface area contributed by atoms with Crippen LogP contribution in [0.3, 0.4) is 0 Å². The van der Waals surface area contributed by atoms with Crippen molar-refractivity contribution in [1.82, 2.24) is 0 Å². The van der Waals surface area contributed by atoms with Gasteiger partial charge in [-0.1, -0.05) is 206 Å². The van der Waals surface area contributed by atoms with Crippen LogP contribution in [0.15, 0.2) is 12.2 Å². The van der Waals surface area contributed by atoms with Gasteiger partial charge in [-0.3, -0.25) is 9.35 Å². The quantitative estimate of drug-likeness (QED) is 0.0197. The van der Waals surface area contributed by atoms with Gasteiger partial charge in [0.15, 0.2) is 6.29 Å². The van der Waals surface area contributed by atoms with E-state index in [0.29, 0.717) is 13.0 Å². The summed E-state index contributed by atoms with van der Waals surface area (Å²) in [6, 6.07) is 0. The van der Waals surface area contributed by atoms with E-state index in [1.807, 2.05) is 0 Å². The van der Waals surface area contributed by atoms with Gasteiger partial charge in [-0.25, -0.2) is 4.18 Å². The molecule has 4 N–H and O–H groups in total. The van der Waals surface area contributed by atoms with Crippen molar-refractivity contribution in [2.24, 2.45) is 0 Å². The Balaban J connectivity index is 2.34. The third kappa shape index (κ3) is 35.7. The summed E-state index contributed by atoms with van der Waals surface area (Å²) in [5.74, 6) is -0.395. The minimum Gasteiger partial charge on any atom is -0.457 e. The summed E-state index contributed by atoms with van der Waals surface area (Å²) in [6.07, 6.45) is 38.1. The van der Waals surface area contributed by atoms with Crippen LogP contribution >= 0.6 is 0 Å². The van der Waals surface area contributed by atoms with Gasteiger partial charge in [-0.15, -0.1) is 0 Å². The fourth-order valence-corrected chi connectivity index (χ4v) is 8.71. The Morgan fingerprint density at radius 1 is 0.587 bits per heavy atom. The minimum absolute atomic E-state index is 0.0376. The molecular weight excluding hydrogens is 825 g/mol. The zero-order valence-corrected chi connectivity index (χ0v) is 41.0. The zero-order chi connectivity index (χ0) is 46.1. The largest absolute Gasteiger partial charge is 0.457 e. The number of hydrogen-bond donors (Lipinski definition) is 4. The second-order valence-electron chi connectivity index (χ2n) is 18.1. The van der Waals surface area contributed by atoms with E-state index >= 15 is 0 Å². The Kier molecular flexibility index (Phi) is 40.1. The highest BCUT2D eigenvalue weighted by Gasteiger charge is 2.48. The number of aliphatic hydroxyl groups is 3. The summed E-state index contributed by atoms with van der Waals surface area (Å²) >= 11 is 0. The molecular formula is C50H96O12S. The maximum Gasteiger partial charge on any atom is 0.397 e. The number of unbranched alkanes of at least 4 members (excludes halogenated alkanes) is 31. The summed E-state index contributed by atoms with van der Waals surface area (Å²) in [5.41, 5.74) is 0. The molecule has 0 aromatic carbocycles. The standard InChI is InChI=1S/C50H96O12S/c1-3-5-7-9-11-13-15-17-19-21-22-23-24-25-27-29-31-33-35-37-39-46(52)60-44(43-59-50-48(54)49(62-63(55,56)57)47(53)45(41-51)61-50)42-58-40-38-36-34-32-30-28-26-20-18-16-14-12-10-8-6-4-2/h18,20,44-45,47-51,53-54H,3-17,19,21-43H2,1-2H3,(H,55,56,57)/b20-18-. The Hall–Kier alpha value is -1.16. The maximum atomic E-state index is 12.9. The fraction of sp³-hybridized carbons (Fsp3) is 0.940. The number of carbonyl (C=O) groups excluding carboxylic acids is 1. The average Bonchev–Trinajstić information content (AvgIpc) is 3.26. The summed E-state index contributed by atoms with van der Waals surface area (Å²) in [7, 11) is -5.06. The molecule has 0 bridgehead atoms. The van der Waals surface area contributed by atoms with Gasteiger partial charge in [-0.2, -0.15) is 8.42 Å². The predicted octanol–water partition coefficient (Wildman–Crippen LogP) is 11.8. The minimum atomic E-state index is -5.06. The van der Waals surface area contributed by atoms with E-state index in [1.165, 1.54) is 167 Å². The fourth-order valence-electron chi connectivity index (χ4n) is 8.20. The number of hydrogen-bond acceptors (Lipinski definition) is 11. The first kappa shape index (κ1) is 59.9. The zero-order valence-electron chi connectivity index (χ0n) is 40.2. The number of esters is 1. The third-order valence-corrected chi connectivity index (χ3v) is 12.6. The van der Waals surface area contributed by atoms with E-state index in [1.54, 1.807) is 0 Å². The number of aliphatic hydroxyl groups excluding tert-OH is 3. The van der Waals surface area contributed by atoms with Crippen molar-refractivity contribution in [1.29, 1.82) is 0 Å². The molecule has 1 fully saturated rings. The molecule has 6 atom stereocenters. The van der Waals surface area contributed by atoms with Crippen LogP contribution < -0.4 is 0 Å². The Morgan fingerprint density at radius 3 is 1.43 bits per heavy atom. The van der Waals surface area contributed by atoms with Gasteiger partial charge in [0.1, 0.15) is 30.5 Å². The average molecular weight is 921 g/mol. The smallest absolute Gasteiger partial charge is 0.397 e. The molecule has 0 aromatic heterocycles. The van der Waals surface area contributed by atoms with E-state index in [4.69, 9.17) is 18.9 Å². The van der Waals surface area contributed by atoms with Gasteiger partial charge in [0, 0.05) is 13.0 Å². The molecule has 0 saturated carbocycles. The van der Waals surface area contributed by atoms with Crippen molar-refractivity contribution in [2.45, 2.75) is 275 Å². The van der Waals surface area contributed by atoms with E-state index in [0.717, 1.165) is 44.9 Å². The summed E-state index contributed by atoms with van der Waals surface area (Å²) in [4.78, 5) is 12.9. The lowest BCUT2D eigenvalue weighted by Crippen LogP contribution is -2.60. The molecule has 0 aromatic rings. The predicted molar refractivity (Wildman–Crippen MR) is 253 cm³/mol. The number of ether oxygens (including phenoxy) is 4. The number of carbonyl (C=O) groups is 1. The van der Waals surface area contributed by atoms with Gasteiger partial charge < -0.3 is 34.3 Å². The molecule has 0 amide bonds. The van der Waals surface area contributed by atoms with E-state index in [-0.39, 0.29) is 19.6 Å². The van der Waals surface area contributed by atoms with Crippen molar-refractivity contribution >= 4 is 16.4 Å². The number of allylic oxidation sites excluding steroid dienone is 2. The van der Waals surface area contributed by atoms with Crippen LogP contribution in [0, 0.1) is 0 Å². The van der Waals surface area contributed by atoms with Crippen molar-refractivity contribution in [3.63, 3.8) is 0 Å². The first-order valence-corrected chi connectivity index (χ1v) is 27.3. The molecule has 1 saturated heterocycles. The molecule has 0 aliphatic carbocycles. The van der Waals surface area contributed by atoms with Crippen molar-refractivity contribution in [3.05, 3.63) is 12.2 Å². The SMILES string of the molecule is CCCCCCCC/C=C\CCCCCCCCOCC(COC1OC(CO)C(O)C(OS(=O)(=O)O)C1O)OC(=O)CCCCCCCCCCCCCCCCCCCCCC. The molecule has 1 heterocycles. The summed E-state index contributed by atoms with van der Waals surface area (Å²) < 4.78 is 59.2. The Labute approximate surface area is 385 Å². The van der Waals surface area contributed by atoms with Crippen molar-refractivity contribution in [2.75, 3.05) is 26.4 Å². The van der Waals surface area contributed by atoms with Crippen LogP contribution in [0.1, 0.15) is 239 Å². The van der Waals surface area contributed by atoms with Gasteiger partial charge in [0.2, 0.25) is 0 Å². The molecule has 6 unspecified atom stereocenters. The summed E-state index contributed by atoms with van der Waals surface area (Å²) in [6.45, 7) is 4.02. The van der Waals surface area contributed by atoms with E-state index in [2.05, 4.69) is 30.2 Å². The van der Waals surface area contributed by atoms with Crippen LogP contribution in [0.25, 0.3) is 0 Å². The monoisotopic (exact) mass is 921 g/mol. The molecule has 1 aliphatic rings. The van der Waals surface area contributed by atoms with Crippen LogP contribution in [0.4, 0.5) is 0 Å². The van der Waals surface area contributed by atoms with Crippen LogP contribution in [-0.4, -0.2) is 97.5 Å². The molecule has 1 aliphatic heterocycles. The Morgan fingerprint density at radius 2 is 1.00 bits per heavy atom. The van der Waals surface area contributed by atoms with Crippen LogP contribution in [0.2, 0.25) is 0 Å². The molecule has 13 heteroatoms. The van der Waals surface area contributed by atoms with Gasteiger partial charge >= 0.3 is 16.4 Å². The highest BCUT2D eigenvalue weighted by molar-refractivity contribution is 7.80. The highest BCUT2D eigenvalue weighted by Crippen LogP contribution is 2.26. The van der Waals surface area contributed by atoms with Crippen molar-refractivity contribution in [3.8, 4) is 0 Å². The molecule has 0 radical (unpaired) electrons. The normalized spacial score (nSPS) is 19.9.